The highest BCUT2D eigenvalue weighted by atomic mass is 16.4. The Morgan fingerprint density at radius 1 is 1.29 bits per heavy atom. The van der Waals surface area contributed by atoms with Gasteiger partial charge in [0.2, 0.25) is 0 Å². The van der Waals surface area contributed by atoms with Crippen molar-refractivity contribution in [1.82, 2.24) is 19.9 Å². The van der Waals surface area contributed by atoms with Gasteiger partial charge in [-0.25, -0.2) is 4.79 Å². The van der Waals surface area contributed by atoms with Gasteiger partial charge < -0.3 is 15.7 Å². The van der Waals surface area contributed by atoms with E-state index in [0.29, 0.717) is 17.8 Å². The molecule has 130 valence electrons. The lowest BCUT2D eigenvalue weighted by atomic mass is 9.99. The van der Waals surface area contributed by atoms with Crippen molar-refractivity contribution >= 4 is 23.3 Å². The van der Waals surface area contributed by atoms with E-state index in [1.54, 1.807) is 32.2 Å². The second-order valence-corrected chi connectivity index (χ2v) is 6.72. The average Bonchev–Trinajstić information content (AvgIpc) is 2.88. The number of aliphatic carboxylic acids is 1. The smallest absolute Gasteiger partial charge is 0.319 e. The van der Waals surface area contributed by atoms with E-state index in [0.717, 1.165) is 5.82 Å². The lowest BCUT2D eigenvalue weighted by molar-refractivity contribution is -0.137. The molecule has 0 aliphatic rings. The van der Waals surface area contributed by atoms with Gasteiger partial charge in [0.15, 0.2) is 5.65 Å². The first-order valence-corrected chi connectivity index (χ1v) is 7.83. The van der Waals surface area contributed by atoms with Crippen LogP contribution in [0.15, 0.2) is 18.3 Å². The fraction of sp³-hybridized carbons (Fsp3) is 0.500. The Hall–Kier alpha value is -2.64. The predicted octanol–water partition coefficient (Wildman–Crippen LogP) is 2.62. The number of carbonyl (C=O) groups excluding carboxylic acids is 1. The minimum absolute atomic E-state index is 0.00229. The summed E-state index contributed by atoms with van der Waals surface area (Å²) in [6, 6.07) is 3.14. The summed E-state index contributed by atoms with van der Waals surface area (Å²) in [6.07, 6.45) is 2.11. The third-order valence-corrected chi connectivity index (χ3v) is 3.62. The molecule has 0 unspecified atom stereocenters. The maximum atomic E-state index is 12.2. The highest BCUT2D eigenvalue weighted by Crippen LogP contribution is 2.17. The summed E-state index contributed by atoms with van der Waals surface area (Å²) in [6.45, 7) is 7.62. The number of anilines is 1. The van der Waals surface area contributed by atoms with Gasteiger partial charge in [-0.15, -0.1) is 10.2 Å². The van der Waals surface area contributed by atoms with E-state index in [9.17, 15) is 9.59 Å². The van der Waals surface area contributed by atoms with Gasteiger partial charge in [0.25, 0.3) is 0 Å². The van der Waals surface area contributed by atoms with Crippen molar-refractivity contribution in [2.24, 2.45) is 0 Å². The maximum absolute atomic E-state index is 12.2. The summed E-state index contributed by atoms with van der Waals surface area (Å²) in [7, 11) is 0. The lowest BCUT2D eigenvalue weighted by Crippen LogP contribution is -2.45. The van der Waals surface area contributed by atoms with Crippen molar-refractivity contribution in [1.29, 1.82) is 0 Å². The Morgan fingerprint density at radius 3 is 2.62 bits per heavy atom. The summed E-state index contributed by atoms with van der Waals surface area (Å²) in [4.78, 5) is 22.8. The molecule has 24 heavy (non-hydrogen) atoms. The first-order valence-electron chi connectivity index (χ1n) is 7.83. The minimum atomic E-state index is -0.885. The monoisotopic (exact) mass is 333 g/mol. The third-order valence-electron chi connectivity index (χ3n) is 3.62. The van der Waals surface area contributed by atoms with Crippen LogP contribution in [0.2, 0.25) is 0 Å². The van der Waals surface area contributed by atoms with Crippen LogP contribution in [0.1, 0.15) is 52.3 Å². The second kappa shape index (κ2) is 6.86. The highest BCUT2D eigenvalue weighted by molar-refractivity contribution is 5.89. The molecule has 0 aromatic carbocycles. The average molecular weight is 333 g/mol. The maximum Gasteiger partial charge on any atom is 0.319 e. The van der Waals surface area contributed by atoms with E-state index in [-0.39, 0.29) is 18.4 Å². The predicted molar refractivity (Wildman–Crippen MR) is 90.2 cm³/mol. The molecule has 2 amide bonds. The van der Waals surface area contributed by atoms with Crippen molar-refractivity contribution in [3.8, 4) is 0 Å². The fourth-order valence-electron chi connectivity index (χ4n) is 2.33. The largest absolute Gasteiger partial charge is 0.481 e. The van der Waals surface area contributed by atoms with Crippen LogP contribution >= 0.6 is 0 Å². The van der Waals surface area contributed by atoms with Crippen molar-refractivity contribution in [2.75, 3.05) is 5.32 Å². The number of nitrogens with one attached hydrogen (secondary N) is 2. The summed E-state index contributed by atoms with van der Waals surface area (Å²) in [5.41, 5.74) is 0.703. The number of rotatable bonds is 6. The number of carboxylic acid groups (broad SMARTS) is 1. The van der Waals surface area contributed by atoms with Crippen LogP contribution in [-0.2, 0) is 4.79 Å². The molecule has 0 aliphatic heterocycles. The molecule has 0 atom stereocenters. The van der Waals surface area contributed by atoms with Gasteiger partial charge in [-0.05, 0) is 32.4 Å². The van der Waals surface area contributed by atoms with Crippen LogP contribution < -0.4 is 10.6 Å². The van der Waals surface area contributed by atoms with Crippen LogP contribution in [0.3, 0.4) is 0 Å². The van der Waals surface area contributed by atoms with E-state index >= 15 is 0 Å². The summed E-state index contributed by atoms with van der Waals surface area (Å²) >= 11 is 0. The second-order valence-electron chi connectivity index (χ2n) is 6.72. The molecule has 8 nitrogen and oxygen atoms in total. The lowest BCUT2D eigenvalue weighted by Gasteiger charge is -2.25. The van der Waals surface area contributed by atoms with E-state index in [4.69, 9.17) is 5.11 Å². The van der Waals surface area contributed by atoms with E-state index < -0.39 is 11.5 Å². The Balaban J connectivity index is 2.07. The number of carboxylic acids is 1. The molecule has 2 aromatic heterocycles. The van der Waals surface area contributed by atoms with E-state index in [1.807, 2.05) is 18.2 Å². The Morgan fingerprint density at radius 2 is 2.00 bits per heavy atom. The number of urea groups is 1. The normalized spacial score (nSPS) is 11.7. The van der Waals surface area contributed by atoms with E-state index in [2.05, 4.69) is 20.8 Å². The molecule has 8 heteroatoms. The van der Waals surface area contributed by atoms with Crippen molar-refractivity contribution in [3.05, 3.63) is 24.2 Å². The van der Waals surface area contributed by atoms with Gasteiger partial charge in [-0.1, -0.05) is 13.8 Å². The van der Waals surface area contributed by atoms with Crippen LogP contribution in [0.25, 0.3) is 5.65 Å². The molecule has 2 rings (SSSR count). The zero-order chi connectivity index (χ0) is 17.9. The highest BCUT2D eigenvalue weighted by Gasteiger charge is 2.21. The van der Waals surface area contributed by atoms with Crippen molar-refractivity contribution < 1.29 is 14.7 Å². The van der Waals surface area contributed by atoms with Crippen LogP contribution in [0.5, 0.6) is 0 Å². The Bertz CT molecular complexity index is 751. The summed E-state index contributed by atoms with van der Waals surface area (Å²) in [5, 5.41) is 22.5. The van der Waals surface area contributed by atoms with Crippen LogP contribution in [0, 0.1) is 0 Å². The van der Waals surface area contributed by atoms with Gasteiger partial charge in [0.1, 0.15) is 5.82 Å². The molecule has 0 aliphatic carbocycles. The number of fused-ring (bicyclic) bond motifs is 1. The zero-order valence-corrected chi connectivity index (χ0v) is 14.3. The van der Waals surface area contributed by atoms with Crippen molar-refractivity contribution in [2.45, 2.75) is 52.0 Å². The number of amides is 2. The third kappa shape index (κ3) is 4.43. The fourth-order valence-corrected chi connectivity index (χ4v) is 2.33. The molecule has 0 spiro atoms. The van der Waals surface area contributed by atoms with Crippen molar-refractivity contribution in [3.63, 3.8) is 0 Å². The van der Waals surface area contributed by atoms with Gasteiger partial charge in [0.05, 0.1) is 5.69 Å². The quantitative estimate of drug-likeness (QED) is 0.753. The van der Waals surface area contributed by atoms with Gasteiger partial charge in [0, 0.05) is 24.1 Å². The van der Waals surface area contributed by atoms with Crippen LogP contribution in [-0.4, -0.2) is 37.2 Å². The molecule has 0 saturated heterocycles. The number of pyridine rings is 1. The number of carbonyl (C=O) groups is 2. The number of aromatic nitrogens is 3. The minimum Gasteiger partial charge on any atom is -0.481 e. The van der Waals surface area contributed by atoms with Gasteiger partial charge in [-0.2, -0.15) is 0 Å². The molecular formula is C16H23N5O3. The number of hydrogen-bond acceptors (Lipinski definition) is 4. The summed E-state index contributed by atoms with van der Waals surface area (Å²) < 4.78 is 1.84. The standard InChI is InChI=1S/C16H23N5O3/c1-10(2)14-20-19-12-6-5-11(9-21(12)14)17-15(24)18-16(3,4)8-7-13(22)23/h5-6,9-10H,7-8H2,1-4H3,(H,22,23)(H2,17,18,24). The summed E-state index contributed by atoms with van der Waals surface area (Å²) in [5.74, 6) is 0.138. The SMILES string of the molecule is CC(C)c1nnc2ccc(NC(=O)NC(C)(C)CCC(=O)O)cn12. The molecule has 2 aromatic rings. The molecule has 0 bridgehead atoms. The van der Waals surface area contributed by atoms with E-state index in [1.165, 1.54) is 0 Å². The topological polar surface area (TPSA) is 109 Å². The van der Waals surface area contributed by atoms with Gasteiger partial charge >= 0.3 is 12.0 Å². The molecule has 0 radical (unpaired) electrons. The number of hydrogen-bond donors (Lipinski definition) is 3. The molecule has 3 N–H and O–H groups in total. The van der Waals surface area contributed by atoms with Gasteiger partial charge in [-0.3, -0.25) is 9.20 Å². The zero-order valence-electron chi connectivity index (χ0n) is 14.3. The molecule has 0 fully saturated rings. The molecular weight excluding hydrogens is 310 g/mol. The Kier molecular flexibility index (Phi) is 5.06. The molecule has 2 heterocycles. The first kappa shape index (κ1) is 17.7. The number of nitrogens with zero attached hydrogens (tertiary/aromatic N) is 3. The Labute approximate surface area is 140 Å². The van der Waals surface area contributed by atoms with Crippen LogP contribution in [0.4, 0.5) is 10.5 Å². The first-order chi connectivity index (χ1) is 11.2. The molecule has 0 saturated carbocycles.